The van der Waals surface area contributed by atoms with Crippen molar-refractivity contribution in [1.29, 1.82) is 0 Å². The molecule has 0 spiro atoms. The number of aromatic nitrogens is 1. The van der Waals surface area contributed by atoms with Gasteiger partial charge in [-0.1, -0.05) is 35.9 Å². The zero-order valence-electron chi connectivity index (χ0n) is 14.2. The van der Waals surface area contributed by atoms with Gasteiger partial charge in [0.25, 0.3) is 5.91 Å². The summed E-state index contributed by atoms with van der Waals surface area (Å²) < 4.78 is 0. The molecule has 0 saturated carbocycles. The summed E-state index contributed by atoms with van der Waals surface area (Å²) in [7, 11) is 0. The highest BCUT2D eigenvalue weighted by Crippen LogP contribution is 2.23. The lowest BCUT2D eigenvalue weighted by atomic mass is 10.0. The van der Waals surface area contributed by atoms with E-state index in [2.05, 4.69) is 10.3 Å². The Morgan fingerprint density at radius 2 is 1.72 bits per heavy atom. The Morgan fingerprint density at radius 1 is 1.04 bits per heavy atom. The zero-order chi connectivity index (χ0) is 17.8. The molecule has 25 heavy (non-hydrogen) atoms. The van der Waals surface area contributed by atoms with Gasteiger partial charge in [-0.3, -0.25) is 9.78 Å². The van der Waals surface area contributed by atoms with Gasteiger partial charge >= 0.3 is 0 Å². The zero-order valence-corrected chi connectivity index (χ0v) is 14.9. The summed E-state index contributed by atoms with van der Waals surface area (Å²) in [4.78, 5) is 16.6. The molecule has 1 aromatic heterocycles. The van der Waals surface area contributed by atoms with E-state index in [1.165, 1.54) is 0 Å². The fourth-order valence-corrected chi connectivity index (χ4v) is 2.84. The first-order chi connectivity index (χ1) is 12.0. The number of nitrogens with zero attached hydrogens (tertiary/aromatic N) is 1. The average Bonchev–Trinajstić information content (AvgIpc) is 2.63. The van der Waals surface area contributed by atoms with Gasteiger partial charge in [-0.05, 0) is 66.4 Å². The Hall–Kier alpha value is -2.65. The Balaban J connectivity index is 1.72. The molecule has 0 unspecified atom stereocenters. The SMILES string of the molecule is Cc1cnccc1-c1ccc(C(=O)N[C@@H](C)c2ccc(Cl)cc2)cc1. The fraction of sp³-hybridized carbons (Fsp3) is 0.143. The number of carbonyl (C=O) groups excluding carboxylic acids is 1. The summed E-state index contributed by atoms with van der Waals surface area (Å²) in [5, 5.41) is 3.70. The van der Waals surface area contributed by atoms with E-state index in [0.717, 1.165) is 22.3 Å². The van der Waals surface area contributed by atoms with Crippen LogP contribution in [0.15, 0.2) is 67.0 Å². The van der Waals surface area contributed by atoms with Gasteiger partial charge < -0.3 is 5.32 Å². The highest BCUT2D eigenvalue weighted by Gasteiger charge is 2.12. The van der Waals surface area contributed by atoms with E-state index < -0.39 is 0 Å². The molecule has 1 heterocycles. The van der Waals surface area contributed by atoms with Gasteiger partial charge in [-0.15, -0.1) is 0 Å². The van der Waals surface area contributed by atoms with Crippen LogP contribution in [0.25, 0.3) is 11.1 Å². The van der Waals surface area contributed by atoms with Gasteiger partial charge in [0, 0.05) is 23.0 Å². The number of hydrogen-bond acceptors (Lipinski definition) is 2. The van der Waals surface area contributed by atoms with E-state index in [0.29, 0.717) is 10.6 Å². The first-order valence-electron chi connectivity index (χ1n) is 8.12. The molecular weight excluding hydrogens is 332 g/mol. The van der Waals surface area contributed by atoms with Crippen LogP contribution in [0.2, 0.25) is 5.02 Å². The molecule has 3 rings (SSSR count). The lowest BCUT2D eigenvalue weighted by Gasteiger charge is -2.15. The van der Waals surface area contributed by atoms with Crippen LogP contribution in [0.4, 0.5) is 0 Å². The van der Waals surface area contributed by atoms with E-state index in [9.17, 15) is 4.79 Å². The van der Waals surface area contributed by atoms with Crippen molar-refractivity contribution in [3.8, 4) is 11.1 Å². The topological polar surface area (TPSA) is 42.0 Å². The van der Waals surface area contributed by atoms with Crippen molar-refractivity contribution in [3.05, 3.63) is 88.7 Å². The number of rotatable bonds is 4. The molecule has 1 N–H and O–H groups in total. The van der Waals surface area contributed by atoms with Crippen LogP contribution in [0.1, 0.15) is 34.5 Å². The Bertz CT molecular complexity index is 873. The molecule has 126 valence electrons. The molecule has 1 amide bonds. The summed E-state index contributed by atoms with van der Waals surface area (Å²) in [5.41, 5.74) is 4.95. The van der Waals surface area contributed by atoms with Crippen molar-refractivity contribution in [2.75, 3.05) is 0 Å². The van der Waals surface area contributed by atoms with E-state index in [1.807, 2.05) is 74.6 Å². The number of hydrogen-bond donors (Lipinski definition) is 1. The third kappa shape index (κ3) is 4.06. The van der Waals surface area contributed by atoms with Crippen LogP contribution in [-0.4, -0.2) is 10.9 Å². The quantitative estimate of drug-likeness (QED) is 0.702. The van der Waals surface area contributed by atoms with Gasteiger partial charge in [0.05, 0.1) is 6.04 Å². The molecule has 2 aromatic carbocycles. The Morgan fingerprint density at radius 3 is 2.36 bits per heavy atom. The van der Waals surface area contributed by atoms with Crippen LogP contribution >= 0.6 is 11.6 Å². The molecule has 0 saturated heterocycles. The van der Waals surface area contributed by atoms with Gasteiger partial charge in [0.1, 0.15) is 0 Å². The predicted octanol–water partition coefficient (Wildman–Crippen LogP) is 5.20. The summed E-state index contributed by atoms with van der Waals surface area (Å²) >= 11 is 5.90. The second-order valence-electron chi connectivity index (χ2n) is 6.01. The predicted molar refractivity (Wildman–Crippen MR) is 102 cm³/mol. The molecule has 0 aliphatic carbocycles. The molecule has 0 radical (unpaired) electrons. The van der Waals surface area contributed by atoms with Crippen LogP contribution in [0.5, 0.6) is 0 Å². The molecule has 3 aromatic rings. The van der Waals surface area contributed by atoms with Crippen LogP contribution in [-0.2, 0) is 0 Å². The fourth-order valence-electron chi connectivity index (χ4n) is 2.71. The minimum Gasteiger partial charge on any atom is -0.346 e. The van der Waals surface area contributed by atoms with E-state index in [1.54, 1.807) is 6.20 Å². The lowest BCUT2D eigenvalue weighted by molar-refractivity contribution is 0.0940. The first-order valence-corrected chi connectivity index (χ1v) is 8.50. The second-order valence-corrected chi connectivity index (χ2v) is 6.45. The van der Waals surface area contributed by atoms with Crippen molar-refractivity contribution < 1.29 is 4.79 Å². The minimum atomic E-state index is -0.0968. The Labute approximate surface area is 152 Å². The van der Waals surface area contributed by atoms with Gasteiger partial charge in [-0.2, -0.15) is 0 Å². The third-order valence-corrected chi connectivity index (χ3v) is 4.45. The molecular formula is C21H19ClN2O. The van der Waals surface area contributed by atoms with Gasteiger partial charge in [0.15, 0.2) is 0 Å². The van der Waals surface area contributed by atoms with Gasteiger partial charge in [0.2, 0.25) is 0 Å². The maximum atomic E-state index is 12.5. The molecule has 4 heteroatoms. The van der Waals surface area contributed by atoms with E-state index in [4.69, 9.17) is 11.6 Å². The highest BCUT2D eigenvalue weighted by atomic mass is 35.5. The van der Waals surface area contributed by atoms with Crippen LogP contribution < -0.4 is 5.32 Å². The average molecular weight is 351 g/mol. The third-order valence-electron chi connectivity index (χ3n) is 4.20. The van der Waals surface area contributed by atoms with Crippen molar-refractivity contribution in [2.45, 2.75) is 19.9 Å². The summed E-state index contributed by atoms with van der Waals surface area (Å²) in [5.74, 6) is -0.0968. The second kappa shape index (κ2) is 7.49. The van der Waals surface area contributed by atoms with Crippen molar-refractivity contribution >= 4 is 17.5 Å². The number of nitrogens with one attached hydrogen (secondary N) is 1. The number of halogens is 1. The number of aryl methyl sites for hydroxylation is 1. The summed E-state index contributed by atoms with van der Waals surface area (Å²) in [6.07, 6.45) is 3.61. The highest BCUT2D eigenvalue weighted by molar-refractivity contribution is 6.30. The molecule has 0 fully saturated rings. The molecule has 3 nitrogen and oxygen atoms in total. The maximum Gasteiger partial charge on any atom is 0.251 e. The van der Waals surface area contributed by atoms with Gasteiger partial charge in [-0.25, -0.2) is 0 Å². The largest absolute Gasteiger partial charge is 0.346 e. The molecule has 0 aliphatic rings. The molecule has 0 aliphatic heterocycles. The summed E-state index contributed by atoms with van der Waals surface area (Å²) in [6, 6.07) is 17.0. The number of carbonyl (C=O) groups is 1. The van der Waals surface area contributed by atoms with Crippen LogP contribution in [0, 0.1) is 6.92 Å². The maximum absolute atomic E-state index is 12.5. The Kier molecular flexibility index (Phi) is 5.15. The summed E-state index contributed by atoms with van der Waals surface area (Å²) in [6.45, 7) is 3.98. The van der Waals surface area contributed by atoms with Crippen LogP contribution in [0.3, 0.4) is 0 Å². The van der Waals surface area contributed by atoms with E-state index in [-0.39, 0.29) is 11.9 Å². The molecule has 1 atom stereocenters. The van der Waals surface area contributed by atoms with Crippen molar-refractivity contribution in [1.82, 2.24) is 10.3 Å². The smallest absolute Gasteiger partial charge is 0.251 e. The number of pyridine rings is 1. The molecule has 0 bridgehead atoms. The van der Waals surface area contributed by atoms with Crippen molar-refractivity contribution in [2.24, 2.45) is 0 Å². The monoisotopic (exact) mass is 350 g/mol. The standard InChI is InChI=1S/C21H19ClN2O/c1-14-13-23-12-11-20(14)17-3-5-18(6-4-17)21(25)24-15(2)16-7-9-19(22)10-8-16/h3-13,15H,1-2H3,(H,24,25)/t15-/m0/s1. The van der Waals surface area contributed by atoms with E-state index >= 15 is 0 Å². The first kappa shape index (κ1) is 17.2. The lowest BCUT2D eigenvalue weighted by Crippen LogP contribution is -2.26. The normalized spacial score (nSPS) is 11.8. The number of benzene rings is 2. The van der Waals surface area contributed by atoms with Crippen molar-refractivity contribution in [3.63, 3.8) is 0 Å². The minimum absolute atomic E-state index is 0.0908. The number of amides is 1.